The molecule has 6 heteroatoms. The number of aliphatic hydroxyl groups is 1. The molecular weight excluding hydrogens is 466 g/mol. The van der Waals surface area contributed by atoms with Gasteiger partial charge in [-0.1, -0.05) is 53.2 Å². The molecule has 1 saturated heterocycles. The van der Waals surface area contributed by atoms with E-state index in [1.807, 2.05) is 6.92 Å². The van der Waals surface area contributed by atoms with E-state index in [0.717, 1.165) is 44.1 Å². The van der Waals surface area contributed by atoms with Crippen molar-refractivity contribution in [3.63, 3.8) is 0 Å². The molecule has 6 aliphatic rings. The van der Waals surface area contributed by atoms with Crippen molar-refractivity contribution in [2.45, 2.75) is 92.1 Å². The third-order valence-electron chi connectivity index (χ3n) is 12.8. The number of carbonyl (C=O) groups excluding carboxylic acids is 3. The minimum atomic E-state index is -1.18. The molecule has 1 heterocycles. The summed E-state index contributed by atoms with van der Waals surface area (Å²) in [6.07, 6.45) is 8.92. The van der Waals surface area contributed by atoms with Crippen molar-refractivity contribution in [2.24, 2.45) is 44.3 Å². The molecule has 0 unspecified atom stereocenters. The van der Waals surface area contributed by atoms with Crippen molar-refractivity contribution in [3.8, 4) is 0 Å². The average Bonchev–Trinajstić information content (AvgIpc) is 3.03. The average molecular weight is 506 g/mol. The van der Waals surface area contributed by atoms with Crippen molar-refractivity contribution >= 4 is 17.5 Å². The Balaban J connectivity index is 1.60. The second-order valence-electron chi connectivity index (χ2n) is 14.7. The first-order chi connectivity index (χ1) is 17.1. The Bertz CT molecular complexity index is 1270. The summed E-state index contributed by atoms with van der Waals surface area (Å²) in [6.45, 7) is 20.1. The minimum Gasteiger partial charge on any atom is -0.449 e. The molecule has 2 bridgehead atoms. The van der Waals surface area contributed by atoms with E-state index >= 15 is 0 Å². The Morgan fingerprint density at radius 3 is 2.32 bits per heavy atom. The van der Waals surface area contributed by atoms with Crippen molar-refractivity contribution in [2.75, 3.05) is 6.61 Å². The number of rotatable bonds is 1. The highest BCUT2D eigenvalue weighted by molar-refractivity contribution is 6.06. The van der Waals surface area contributed by atoms with Gasteiger partial charge in [-0.3, -0.25) is 9.59 Å². The van der Waals surface area contributed by atoms with Gasteiger partial charge in [0, 0.05) is 22.2 Å². The van der Waals surface area contributed by atoms with Gasteiger partial charge < -0.3 is 14.6 Å². The molecule has 0 radical (unpaired) electrons. The highest BCUT2D eigenvalue weighted by Gasteiger charge is 2.82. The summed E-state index contributed by atoms with van der Waals surface area (Å²) in [4.78, 5) is 45.0. The van der Waals surface area contributed by atoms with Crippen molar-refractivity contribution < 1.29 is 24.2 Å². The summed E-state index contributed by atoms with van der Waals surface area (Å²) < 4.78 is 6.44. The summed E-state index contributed by atoms with van der Waals surface area (Å²) >= 11 is 0. The maximum atomic E-state index is 14.5. The number of fused-ring (bicyclic) bond motifs is 4. The Morgan fingerprint density at radius 2 is 1.68 bits per heavy atom. The molecule has 6 rings (SSSR count). The van der Waals surface area contributed by atoms with Gasteiger partial charge in [0.1, 0.15) is 0 Å². The number of Topliss-reactive ketones (excluding diaryl/α,β-unsaturated/α-hetero) is 1. The zero-order valence-electron chi connectivity index (χ0n) is 23.0. The van der Waals surface area contributed by atoms with Crippen LogP contribution in [0.4, 0.5) is 0 Å². The van der Waals surface area contributed by atoms with Gasteiger partial charge in [0.15, 0.2) is 17.2 Å². The predicted octanol–water partition coefficient (Wildman–Crippen LogP) is 5.21. The molecule has 0 aromatic rings. The van der Waals surface area contributed by atoms with E-state index in [1.165, 1.54) is 0 Å². The van der Waals surface area contributed by atoms with Gasteiger partial charge in [0.2, 0.25) is 5.70 Å². The fourth-order valence-electron chi connectivity index (χ4n) is 10.4. The second-order valence-corrected chi connectivity index (χ2v) is 14.7. The largest absolute Gasteiger partial charge is 0.449 e. The van der Waals surface area contributed by atoms with Crippen LogP contribution in [0, 0.1) is 50.9 Å². The normalized spacial score (nSPS) is 51.5. The molecule has 0 aromatic carbocycles. The van der Waals surface area contributed by atoms with E-state index < -0.39 is 32.7 Å². The van der Waals surface area contributed by atoms with Crippen LogP contribution in [0.1, 0.15) is 86.5 Å². The maximum absolute atomic E-state index is 14.5. The number of hydrogen-bond donors (Lipinski definition) is 1. The van der Waals surface area contributed by atoms with Gasteiger partial charge in [-0.05, 0) is 67.8 Å². The van der Waals surface area contributed by atoms with Crippen molar-refractivity contribution in [1.82, 2.24) is 0 Å². The van der Waals surface area contributed by atoms with Crippen LogP contribution >= 0.6 is 0 Å². The van der Waals surface area contributed by atoms with Crippen molar-refractivity contribution in [1.29, 1.82) is 0 Å². The molecule has 1 aliphatic heterocycles. The fourth-order valence-corrected chi connectivity index (χ4v) is 10.4. The summed E-state index contributed by atoms with van der Waals surface area (Å²) in [5, 5.41) is 10.4. The molecule has 198 valence electrons. The quantitative estimate of drug-likeness (QED) is 0.391. The zero-order valence-corrected chi connectivity index (χ0v) is 23.0. The van der Waals surface area contributed by atoms with Crippen LogP contribution in [0.5, 0.6) is 0 Å². The van der Waals surface area contributed by atoms with Gasteiger partial charge in [-0.25, -0.2) is 4.85 Å². The summed E-state index contributed by atoms with van der Waals surface area (Å²) in [6, 6.07) is 0. The van der Waals surface area contributed by atoms with E-state index in [9.17, 15) is 19.5 Å². The Kier molecular flexibility index (Phi) is 4.63. The number of esters is 1. The number of carbonyl (C=O) groups is 3. The molecule has 37 heavy (non-hydrogen) atoms. The zero-order chi connectivity index (χ0) is 27.0. The number of hydrogen-bond acceptors (Lipinski definition) is 5. The van der Waals surface area contributed by atoms with Crippen LogP contribution in [0.15, 0.2) is 23.4 Å². The molecule has 1 N–H and O–H groups in total. The van der Waals surface area contributed by atoms with Gasteiger partial charge in [-0.2, -0.15) is 0 Å². The lowest BCUT2D eigenvalue weighted by Crippen LogP contribution is -2.71. The number of ketones is 2. The molecule has 0 amide bonds. The maximum Gasteiger partial charge on any atom is 0.313 e. The lowest BCUT2D eigenvalue weighted by molar-refractivity contribution is -0.207. The smallest absolute Gasteiger partial charge is 0.313 e. The van der Waals surface area contributed by atoms with Gasteiger partial charge >= 0.3 is 5.97 Å². The standard InChI is InChI=1S/C31H39NO5/c1-25(2)10-12-30-13-11-29(6)28(5)9-8-19-26(3,15-18(32-7)23(35)27(19,4)17-33)20(28)14-22(34)31(29,21(30)16-25)37-24(30)36/h14-15,19,21,33H,8-13,16-17H2,1-6H3/t19-,21-,26+,27+,28-,29+,30+,31-/m1/s1. The first-order valence-corrected chi connectivity index (χ1v) is 13.9. The Hall–Kier alpha value is -2.26. The van der Waals surface area contributed by atoms with Crippen LogP contribution in [-0.2, 0) is 19.1 Å². The molecule has 0 aromatic heterocycles. The van der Waals surface area contributed by atoms with E-state index in [0.29, 0.717) is 6.42 Å². The van der Waals surface area contributed by atoms with E-state index in [2.05, 4.69) is 32.5 Å². The third-order valence-corrected chi connectivity index (χ3v) is 12.8. The highest BCUT2D eigenvalue weighted by Crippen LogP contribution is 2.78. The van der Waals surface area contributed by atoms with Crippen LogP contribution in [0.2, 0.25) is 0 Å². The number of allylic oxidation sites excluding steroid dienone is 3. The van der Waals surface area contributed by atoms with Gasteiger partial charge in [-0.15, -0.1) is 0 Å². The molecule has 1 spiro atoms. The summed E-state index contributed by atoms with van der Waals surface area (Å²) in [5.41, 5.74) is -3.63. The van der Waals surface area contributed by atoms with Crippen molar-refractivity contribution in [3.05, 3.63) is 34.8 Å². The first kappa shape index (κ1) is 25.0. The Labute approximate surface area is 219 Å². The van der Waals surface area contributed by atoms with Crippen LogP contribution in [0.25, 0.3) is 4.85 Å². The first-order valence-electron chi connectivity index (χ1n) is 13.9. The second kappa shape index (κ2) is 6.84. The van der Waals surface area contributed by atoms with E-state index in [-0.39, 0.29) is 47.1 Å². The van der Waals surface area contributed by atoms with Crippen LogP contribution in [0.3, 0.4) is 0 Å². The molecule has 5 aliphatic carbocycles. The number of ether oxygens (including phenoxy) is 1. The monoisotopic (exact) mass is 505 g/mol. The molecule has 4 fully saturated rings. The van der Waals surface area contributed by atoms with Gasteiger partial charge in [0.05, 0.1) is 18.6 Å². The lowest BCUT2D eigenvalue weighted by Gasteiger charge is -2.69. The molecule has 8 atom stereocenters. The van der Waals surface area contributed by atoms with Gasteiger partial charge in [0.25, 0.3) is 0 Å². The number of aliphatic hydroxyl groups excluding tert-OH is 1. The SMILES string of the molecule is [C-]#[N+]C1=C[C@]2(C)C3=CC(=O)[C@]45OC(=O)[C@@]6(CCC(C)(C)C[C@H]64)CC[C@@]5(C)[C@]3(C)CC[C@H]2[C@](C)(CO)C1=O. The minimum absolute atomic E-state index is 0.0299. The third kappa shape index (κ3) is 2.45. The summed E-state index contributed by atoms with van der Waals surface area (Å²) in [7, 11) is 0. The molecule has 3 saturated carbocycles. The molecular formula is C31H39NO5. The molecule has 6 nitrogen and oxygen atoms in total. The fraction of sp³-hybridized carbons (Fsp3) is 0.742. The van der Waals surface area contributed by atoms with E-state index in [1.54, 1.807) is 19.1 Å². The topological polar surface area (TPSA) is 85.0 Å². The Morgan fingerprint density at radius 1 is 1.00 bits per heavy atom. The van der Waals surface area contributed by atoms with Crippen LogP contribution in [-0.4, -0.2) is 34.9 Å². The van der Waals surface area contributed by atoms with Crippen LogP contribution < -0.4 is 0 Å². The lowest BCUT2D eigenvalue weighted by atomic mass is 9.33. The predicted molar refractivity (Wildman–Crippen MR) is 137 cm³/mol. The summed E-state index contributed by atoms with van der Waals surface area (Å²) in [5.74, 6) is -0.986. The number of nitrogens with zero attached hydrogens (tertiary/aromatic N) is 1. The highest BCUT2D eigenvalue weighted by atomic mass is 16.6. The van der Waals surface area contributed by atoms with E-state index in [4.69, 9.17) is 11.3 Å².